The number of hydrazone groups is 1. The molecule has 0 aliphatic carbocycles. The minimum absolute atomic E-state index is 0.0672. The fourth-order valence-electron chi connectivity index (χ4n) is 3.40. The standard InChI is InChI=1S/C27H31N3O3S/c1-20(22-11-15-24(16-12-22)27(2,3)4)28-29-26(31)23-13-17-25(18-14-23)30(34(5,32)33)19-21-9-7-6-8-10-21/h6-18H,19H2,1-5H3,(H,29,31)/b28-20-. The number of nitrogens with zero attached hydrogens (tertiary/aromatic N) is 2. The van der Waals surface area contributed by atoms with Gasteiger partial charge in [0.2, 0.25) is 10.0 Å². The molecule has 0 saturated heterocycles. The third kappa shape index (κ3) is 6.54. The Bertz CT molecular complexity index is 1260. The van der Waals surface area contributed by atoms with Gasteiger partial charge in [0.1, 0.15) is 0 Å². The number of hydrogen-bond donors (Lipinski definition) is 1. The van der Waals surface area contributed by atoms with Gasteiger partial charge in [0, 0.05) is 5.56 Å². The average molecular weight is 478 g/mol. The molecular weight excluding hydrogens is 446 g/mol. The van der Waals surface area contributed by atoms with E-state index in [1.807, 2.05) is 49.4 Å². The molecular formula is C27H31N3O3S. The van der Waals surface area contributed by atoms with Gasteiger partial charge in [-0.2, -0.15) is 5.10 Å². The molecule has 1 amide bonds. The summed E-state index contributed by atoms with van der Waals surface area (Å²) in [5.74, 6) is -0.369. The van der Waals surface area contributed by atoms with E-state index < -0.39 is 10.0 Å². The lowest BCUT2D eigenvalue weighted by atomic mass is 9.86. The molecule has 178 valence electrons. The maximum absolute atomic E-state index is 12.6. The number of sulfonamides is 1. The van der Waals surface area contributed by atoms with Crippen molar-refractivity contribution in [1.82, 2.24) is 5.43 Å². The lowest BCUT2D eigenvalue weighted by Gasteiger charge is -2.22. The molecule has 34 heavy (non-hydrogen) atoms. The monoisotopic (exact) mass is 477 g/mol. The van der Waals surface area contributed by atoms with Gasteiger partial charge < -0.3 is 0 Å². The number of carbonyl (C=O) groups is 1. The lowest BCUT2D eigenvalue weighted by molar-refractivity contribution is 0.0955. The van der Waals surface area contributed by atoms with E-state index in [4.69, 9.17) is 0 Å². The molecule has 0 spiro atoms. The smallest absolute Gasteiger partial charge is 0.267 e. The highest BCUT2D eigenvalue weighted by atomic mass is 32.2. The fourth-order valence-corrected chi connectivity index (χ4v) is 4.29. The molecule has 0 aromatic heterocycles. The SMILES string of the molecule is C/C(=N/NC(=O)c1ccc(N(Cc2ccccc2)S(C)(=O)=O)cc1)c1ccc(C(C)(C)C)cc1. The van der Waals surface area contributed by atoms with Crippen LogP contribution in [0, 0.1) is 0 Å². The molecule has 7 heteroatoms. The molecule has 0 radical (unpaired) electrons. The molecule has 0 saturated carbocycles. The molecule has 0 aliphatic heterocycles. The average Bonchev–Trinajstić information content (AvgIpc) is 2.80. The maximum atomic E-state index is 12.6. The quantitative estimate of drug-likeness (QED) is 0.380. The Morgan fingerprint density at radius 2 is 1.44 bits per heavy atom. The largest absolute Gasteiger partial charge is 0.271 e. The first-order chi connectivity index (χ1) is 15.9. The summed E-state index contributed by atoms with van der Waals surface area (Å²) in [6, 6.07) is 23.9. The molecule has 0 aliphatic rings. The predicted molar refractivity (Wildman–Crippen MR) is 139 cm³/mol. The van der Waals surface area contributed by atoms with Crippen LogP contribution in [0.4, 0.5) is 5.69 Å². The highest BCUT2D eigenvalue weighted by molar-refractivity contribution is 7.92. The molecule has 0 atom stereocenters. The third-order valence-electron chi connectivity index (χ3n) is 5.48. The Morgan fingerprint density at radius 1 is 0.882 bits per heavy atom. The second kappa shape index (κ2) is 10.2. The summed E-state index contributed by atoms with van der Waals surface area (Å²) >= 11 is 0. The zero-order chi connectivity index (χ0) is 24.9. The summed E-state index contributed by atoms with van der Waals surface area (Å²) in [5, 5.41) is 4.23. The van der Waals surface area contributed by atoms with Crippen LogP contribution in [0.25, 0.3) is 0 Å². The van der Waals surface area contributed by atoms with E-state index in [-0.39, 0.29) is 17.9 Å². The second-order valence-corrected chi connectivity index (χ2v) is 11.2. The van der Waals surface area contributed by atoms with E-state index in [9.17, 15) is 13.2 Å². The van der Waals surface area contributed by atoms with Crippen LogP contribution >= 0.6 is 0 Å². The number of anilines is 1. The summed E-state index contributed by atoms with van der Waals surface area (Å²) < 4.78 is 26.1. The van der Waals surface area contributed by atoms with Crippen LogP contribution in [-0.2, 0) is 22.0 Å². The van der Waals surface area contributed by atoms with E-state index in [2.05, 4.69) is 43.4 Å². The van der Waals surface area contributed by atoms with Crippen molar-refractivity contribution in [3.05, 3.63) is 101 Å². The Hall–Kier alpha value is -3.45. The van der Waals surface area contributed by atoms with Gasteiger partial charge in [0.15, 0.2) is 0 Å². The lowest BCUT2D eigenvalue weighted by Crippen LogP contribution is -2.29. The van der Waals surface area contributed by atoms with Crippen LogP contribution in [-0.4, -0.2) is 26.3 Å². The van der Waals surface area contributed by atoms with Crippen molar-refractivity contribution >= 4 is 27.3 Å². The van der Waals surface area contributed by atoms with E-state index in [1.54, 1.807) is 24.3 Å². The van der Waals surface area contributed by atoms with Crippen molar-refractivity contribution in [2.75, 3.05) is 10.6 Å². The van der Waals surface area contributed by atoms with Crippen molar-refractivity contribution in [2.45, 2.75) is 39.7 Å². The number of benzene rings is 3. The topological polar surface area (TPSA) is 78.8 Å². The first kappa shape index (κ1) is 25.2. The normalized spacial score (nSPS) is 12.3. The van der Waals surface area contributed by atoms with Gasteiger partial charge in [-0.1, -0.05) is 75.4 Å². The highest BCUT2D eigenvalue weighted by Gasteiger charge is 2.18. The number of hydrogen-bond acceptors (Lipinski definition) is 4. The molecule has 0 unspecified atom stereocenters. The van der Waals surface area contributed by atoms with Crippen molar-refractivity contribution in [3.8, 4) is 0 Å². The van der Waals surface area contributed by atoms with Gasteiger partial charge in [-0.25, -0.2) is 13.8 Å². The van der Waals surface area contributed by atoms with Crippen LogP contribution in [0.15, 0.2) is 84.0 Å². The van der Waals surface area contributed by atoms with E-state index in [0.29, 0.717) is 17.0 Å². The van der Waals surface area contributed by atoms with Gasteiger partial charge in [-0.15, -0.1) is 0 Å². The molecule has 3 rings (SSSR count). The number of nitrogens with one attached hydrogen (secondary N) is 1. The van der Waals surface area contributed by atoms with E-state index >= 15 is 0 Å². The van der Waals surface area contributed by atoms with Gasteiger partial charge >= 0.3 is 0 Å². The van der Waals surface area contributed by atoms with Crippen molar-refractivity contribution < 1.29 is 13.2 Å². The first-order valence-corrected chi connectivity index (χ1v) is 12.9. The predicted octanol–water partition coefficient (Wildman–Crippen LogP) is 5.10. The van der Waals surface area contributed by atoms with Crippen molar-refractivity contribution in [1.29, 1.82) is 0 Å². The highest BCUT2D eigenvalue weighted by Crippen LogP contribution is 2.23. The summed E-state index contributed by atoms with van der Waals surface area (Å²) in [6.07, 6.45) is 1.17. The molecule has 0 heterocycles. The maximum Gasteiger partial charge on any atom is 0.271 e. The zero-order valence-corrected chi connectivity index (χ0v) is 21.1. The summed E-state index contributed by atoms with van der Waals surface area (Å²) in [7, 11) is -3.50. The van der Waals surface area contributed by atoms with Gasteiger partial charge in [0.05, 0.1) is 24.2 Å². The summed E-state index contributed by atoms with van der Waals surface area (Å²) in [5.41, 5.74) is 7.23. The third-order valence-corrected chi connectivity index (χ3v) is 6.62. The van der Waals surface area contributed by atoms with Gasteiger partial charge in [-0.05, 0) is 53.3 Å². The van der Waals surface area contributed by atoms with Crippen LogP contribution < -0.4 is 9.73 Å². The Labute approximate surface area is 202 Å². The number of rotatable bonds is 7. The minimum atomic E-state index is -3.50. The van der Waals surface area contributed by atoms with Crippen molar-refractivity contribution in [2.24, 2.45) is 5.10 Å². The van der Waals surface area contributed by atoms with Crippen LogP contribution in [0.1, 0.15) is 54.7 Å². The van der Waals surface area contributed by atoms with Crippen LogP contribution in [0.2, 0.25) is 0 Å². The van der Waals surface area contributed by atoms with Gasteiger partial charge in [0.25, 0.3) is 5.91 Å². The Kier molecular flexibility index (Phi) is 7.57. The molecule has 3 aromatic rings. The fraction of sp³-hybridized carbons (Fsp3) is 0.259. The van der Waals surface area contributed by atoms with E-state index in [0.717, 1.165) is 11.1 Å². The molecule has 1 N–H and O–H groups in total. The molecule has 0 bridgehead atoms. The molecule has 0 fully saturated rings. The Morgan fingerprint density at radius 3 is 1.97 bits per heavy atom. The van der Waals surface area contributed by atoms with Crippen LogP contribution in [0.5, 0.6) is 0 Å². The molecule has 6 nitrogen and oxygen atoms in total. The van der Waals surface area contributed by atoms with Crippen molar-refractivity contribution in [3.63, 3.8) is 0 Å². The number of carbonyl (C=O) groups excluding carboxylic acids is 1. The first-order valence-electron chi connectivity index (χ1n) is 11.0. The summed E-state index contributed by atoms with van der Waals surface area (Å²) in [4.78, 5) is 12.6. The molecule has 3 aromatic carbocycles. The zero-order valence-electron chi connectivity index (χ0n) is 20.2. The number of amides is 1. The minimum Gasteiger partial charge on any atom is -0.267 e. The van der Waals surface area contributed by atoms with E-state index in [1.165, 1.54) is 16.1 Å². The second-order valence-electron chi connectivity index (χ2n) is 9.27. The summed E-state index contributed by atoms with van der Waals surface area (Å²) in [6.45, 7) is 8.52. The van der Waals surface area contributed by atoms with Gasteiger partial charge in [-0.3, -0.25) is 9.10 Å². The Balaban J connectivity index is 1.71. The van der Waals surface area contributed by atoms with Crippen LogP contribution in [0.3, 0.4) is 0 Å².